The molecule has 19 heavy (non-hydrogen) atoms. The number of thiophene rings is 1. The van der Waals surface area contributed by atoms with Gasteiger partial charge in [0.2, 0.25) is 0 Å². The maximum Gasteiger partial charge on any atom is 0.0697 e. The molecule has 3 heteroatoms. The lowest BCUT2D eigenvalue weighted by atomic mass is 9.96. The molecule has 1 N–H and O–H groups in total. The zero-order valence-electron chi connectivity index (χ0n) is 11.3. The van der Waals surface area contributed by atoms with E-state index < -0.39 is 0 Å². The van der Waals surface area contributed by atoms with Crippen LogP contribution in [0.4, 0.5) is 0 Å². The quantitative estimate of drug-likeness (QED) is 0.889. The Kier molecular flexibility index (Phi) is 4.36. The topological polar surface area (TPSA) is 35.8 Å². The van der Waals surface area contributed by atoms with Crippen LogP contribution in [0, 0.1) is 16.7 Å². The van der Waals surface area contributed by atoms with Crippen LogP contribution in [-0.4, -0.2) is 6.54 Å². The second-order valence-electron chi connectivity index (χ2n) is 5.27. The first kappa shape index (κ1) is 13.8. The van der Waals surface area contributed by atoms with Crippen molar-refractivity contribution in [3.05, 3.63) is 46.7 Å². The van der Waals surface area contributed by atoms with E-state index in [0.29, 0.717) is 6.54 Å². The van der Waals surface area contributed by atoms with Gasteiger partial charge in [-0.05, 0) is 36.4 Å². The summed E-state index contributed by atoms with van der Waals surface area (Å²) in [5, 5.41) is 14.5. The number of benzene rings is 1. The fourth-order valence-corrected chi connectivity index (χ4v) is 2.66. The Morgan fingerprint density at radius 2 is 1.95 bits per heavy atom. The summed E-state index contributed by atoms with van der Waals surface area (Å²) >= 11 is 1.76. The van der Waals surface area contributed by atoms with E-state index in [2.05, 4.69) is 47.1 Å². The number of nitrogens with zero attached hydrogens (tertiary/aromatic N) is 1. The monoisotopic (exact) mass is 270 g/mol. The van der Waals surface area contributed by atoms with Gasteiger partial charge in [0.25, 0.3) is 0 Å². The predicted molar refractivity (Wildman–Crippen MR) is 80.9 cm³/mol. The zero-order valence-corrected chi connectivity index (χ0v) is 12.1. The molecule has 2 aromatic rings. The van der Waals surface area contributed by atoms with Gasteiger partial charge in [-0.3, -0.25) is 0 Å². The third kappa shape index (κ3) is 3.92. The molecule has 0 spiro atoms. The first-order valence-corrected chi connectivity index (χ1v) is 7.23. The van der Waals surface area contributed by atoms with Crippen LogP contribution in [0.1, 0.15) is 18.7 Å². The Balaban J connectivity index is 1.94. The molecular weight excluding hydrogens is 252 g/mol. The largest absolute Gasteiger partial charge is 0.310 e. The van der Waals surface area contributed by atoms with Crippen LogP contribution in [-0.2, 0) is 6.54 Å². The zero-order chi connectivity index (χ0) is 13.7. The molecule has 1 aromatic carbocycles. The second-order valence-corrected chi connectivity index (χ2v) is 6.26. The van der Waals surface area contributed by atoms with Crippen molar-refractivity contribution in [2.24, 2.45) is 5.41 Å². The normalized spacial score (nSPS) is 11.2. The van der Waals surface area contributed by atoms with E-state index in [4.69, 9.17) is 5.26 Å². The van der Waals surface area contributed by atoms with Gasteiger partial charge in [0.1, 0.15) is 0 Å². The maximum atomic E-state index is 8.96. The second kappa shape index (κ2) is 6.01. The van der Waals surface area contributed by atoms with Crippen LogP contribution in [0.5, 0.6) is 0 Å². The molecule has 0 fully saturated rings. The molecule has 2 rings (SSSR count). The maximum absolute atomic E-state index is 8.96. The van der Waals surface area contributed by atoms with E-state index >= 15 is 0 Å². The minimum Gasteiger partial charge on any atom is -0.310 e. The molecule has 0 aliphatic carbocycles. The summed E-state index contributed by atoms with van der Waals surface area (Å²) in [7, 11) is 0. The highest BCUT2D eigenvalue weighted by molar-refractivity contribution is 7.10. The summed E-state index contributed by atoms with van der Waals surface area (Å²) in [5.41, 5.74) is 2.21. The van der Waals surface area contributed by atoms with Crippen LogP contribution < -0.4 is 5.32 Å². The fraction of sp³-hybridized carbons (Fsp3) is 0.312. The summed E-state index contributed by atoms with van der Waals surface area (Å²) in [6, 6.07) is 14.9. The van der Waals surface area contributed by atoms with Gasteiger partial charge in [-0.1, -0.05) is 30.3 Å². The number of hydrogen-bond donors (Lipinski definition) is 1. The summed E-state index contributed by atoms with van der Waals surface area (Å²) in [6.07, 6.45) is 0. The summed E-state index contributed by atoms with van der Waals surface area (Å²) in [4.78, 5) is 1.30. The SMILES string of the molecule is CC(C)(C#N)CNCc1cc(-c2ccccc2)cs1. The average molecular weight is 270 g/mol. The summed E-state index contributed by atoms with van der Waals surface area (Å²) in [5.74, 6) is 0. The van der Waals surface area contributed by atoms with Crippen LogP contribution in [0.2, 0.25) is 0 Å². The van der Waals surface area contributed by atoms with E-state index in [1.54, 1.807) is 11.3 Å². The summed E-state index contributed by atoms with van der Waals surface area (Å²) in [6.45, 7) is 5.43. The third-order valence-corrected chi connectivity index (χ3v) is 3.87. The third-order valence-electron chi connectivity index (χ3n) is 2.93. The molecule has 98 valence electrons. The molecule has 0 saturated carbocycles. The van der Waals surface area contributed by atoms with Crippen molar-refractivity contribution in [2.75, 3.05) is 6.54 Å². The van der Waals surface area contributed by atoms with Crippen LogP contribution in [0.15, 0.2) is 41.8 Å². The highest BCUT2D eigenvalue weighted by Crippen LogP contribution is 2.25. The van der Waals surface area contributed by atoms with Crippen molar-refractivity contribution >= 4 is 11.3 Å². The first-order valence-electron chi connectivity index (χ1n) is 6.35. The Labute approximate surface area is 118 Å². The van der Waals surface area contributed by atoms with Gasteiger partial charge >= 0.3 is 0 Å². The standard InChI is InChI=1S/C16H18N2S/c1-16(2,11-17)12-18-9-15-8-14(10-19-15)13-6-4-3-5-7-13/h3-8,10,18H,9,12H2,1-2H3. The lowest BCUT2D eigenvalue weighted by Gasteiger charge is -2.15. The molecule has 0 aliphatic rings. The molecule has 0 atom stereocenters. The van der Waals surface area contributed by atoms with Crippen molar-refractivity contribution in [2.45, 2.75) is 20.4 Å². The molecule has 0 aliphatic heterocycles. The Hall–Kier alpha value is -1.63. The Bertz CT molecular complexity index is 564. The van der Waals surface area contributed by atoms with Crippen LogP contribution >= 0.6 is 11.3 Å². The fourth-order valence-electron chi connectivity index (χ4n) is 1.79. The van der Waals surface area contributed by atoms with E-state index in [9.17, 15) is 0 Å². The number of hydrogen-bond acceptors (Lipinski definition) is 3. The lowest BCUT2D eigenvalue weighted by molar-refractivity contribution is 0.446. The average Bonchev–Trinajstić information content (AvgIpc) is 2.88. The van der Waals surface area contributed by atoms with Crippen molar-refractivity contribution in [3.63, 3.8) is 0 Å². The van der Waals surface area contributed by atoms with E-state index in [1.807, 2.05) is 19.9 Å². The van der Waals surface area contributed by atoms with Gasteiger partial charge in [0.05, 0.1) is 11.5 Å². The Morgan fingerprint density at radius 3 is 2.63 bits per heavy atom. The van der Waals surface area contributed by atoms with Crippen molar-refractivity contribution in [1.82, 2.24) is 5.32 Å². The highest BCUT2D eigenvalue weighted by atomic mass is 32.1. The van der Waals surface area contributed by atoms with E-state index in [0.717, 1.165) is 6.54 Å². The number of nitriles is 1. The van der Waals surface area contributed by atoms with Crippen molar-refractivity contribution < 1.29 is 0 Å². The number of nitrogens with one attached hydrogen (secondary N) is 1. The molecule has 0 bridgehead atoms. The van der Waals surface area contributed by atoms with Gasteiger partial charge in [-0.15, -0.1) is 11.3 Å². The molecule has 0 saturated heterocycles. The van der Waals surface area contributed by atoms with Gasteiger partial charge in [0.15, 0.2) is 0 Å². The Morgan fingerprint density at radius 1 is 1.21 bits per heavy atom. The van der Waals surface area contributed by atoms with Gasteiger partial charge < -0.3 is 5.32 Å². The molecule has 2 nitrogen and oxygen atoms in total. The van der Waals surface area contributed by atoms with E-state index in [1.165, 1.54) is 16.0 Å². The van der Waals surface area contributed by atoms with Gasteiger partial charge in [-0.2, -0.15) is 5.26 Å². The van der Waals surface area contributed by atoms with Gasteiger partial charge in [-0.25, -0.2) is 0 Å². The molecule has 1 heterocycles. The van der Waals surface area contributed by atoms with Crippen LogP contribution in [0.3, 0.4) is 0 Å². The number of rotatable bonds is 5. The van der Waals surface area contributed by atoms with Crippen molar-refractivity contribution in [1.29, 1.82) is 5.26 Å². The molecule has 1 aromatic heterocycles. The highest BCUT2D eigenvalue weighted by Gasteiger charge is 2.15. The minimum atomic E-state index is -0.306. The lowest BCUT2D eigenvalue weighted by Crippen LogP contribution is -2.27. The molecular formula is C16H18N2S. The predicted octanol–water partition coefficient (Wildman–Crippen LogP) is 4.05. The minimum absolute atomic E-state index is 0.306. The smallest absolute Gasteiger partial charge is 0.0697 e. The summed E-state index contributed by atoms with van der Waals surface area (Å²) < 4.78 is 0. The van der Waals surface area contributed by atoms with E-state index in [-0.39, 0.29) is 5.41 Å². The van der Waals surface area contributed by atoms with Crippen molar-refractivity contribution in [3.8, 4) is 17.2 Å². The first-order chi connectivity index (χ1) is 9.11. The molecule has 0 amide bonds. The molecule has 0 unspecified atom stereocenters. The van der Waals surface area contributed by atoms with Crippen LogP contribution in [0.25, 0.3) is 11.1 Å². The molecule has 0 radical (unpaired) electrons. The van der Waals surface area contributed by atoms with Gasteiger partial charge in [0, 0.05) is 18.0 Å².